The molecule has 2 aromatic carbocycles. The zero-order valence-corrected chi connectivity index (χ0v) is 11.5. The first kappa shape index (κ1) is 13.4. The van der Waals surface area contributed by atoms with E-state index < -0.39 is 0 Å². The molecule has 0 radical (unpaired) electrons. The van der Waals surface area contributed by atoms with Crippen LogP contribution in [0.25, 0.3) is 0 Å². The molecule has 0 fully saturated rings. The Kier molecular flexibility index (Phi) is 4.07. The molecule has 0 bridgehead atoms. The van der Waals surface area contributed by atoms with Gasteiger partial charge in [0.2, 0.25) is 0 Å². The van der Waals surface area contributed by atoms with Crippen molar-refractivity contribution < 1.29 is 9.84 Å². The van der Waals surface area contributed by atoms with Gasteiger partial charge in [0.15, 0.2) is 11.5 Å². The first-order valence-electron chi connectivity index (χ1n) is 5.78. The van der Waals surface area contributed by atoms with E-state index >= 15 is 0 Å². The molecular weight excluding hydrogens is 262 g/mol. The van der Waals surface area contributed by atoms with E-state index in [-0.39, 0.29) is 5.75 Å². The first-order valence-corrected chi connectivity index (χ1v) is 6.16. The minimum atomic E-state index is 0.0773. The summed E-state index contributed by atoms with van der Waals surface area (Å²) in [6.07, 6.45) is 1.59. The Bertz CT molecular complexity index is 624. The molecule has 0 amide bonds. The lowest BCUT2D eigenvalue weighted by atomic mass is 10.2. The van der Waals surface area contributed by atoms with Gasteiger partial charge in [-0.05, 0) is 36.8 Å². The lowest BCUT2D eigenvalue weighted by Crippen LogP contribution is -1.88. The molecule has 0 aliphatic carbocycles. The fraction of sp³-hybridized carbons (Fsp3) is 0.133. The monoisotopic (exact) mass is 275 g/mol. The average Bonchev–Trinajstić information content (AvgIpc) is 2.41. The van der Waals surface area contributed by atoms with E-state index in [0.29, 0.717) is 16.3 Å². The van der Waals surface area contributed by atoms with Gasteiger partial charge < -0.3 is 9.84 Å². The summed E-state index contributed by atoms with van der Waals surface area (Å²) in [5.41, 5.74) is 2.39. The van der Waals surface area contributed by atoms with Crippen molar-refractivity contribution in [2.45, 2.75) is 6.92 Å². The van der Waals surface area contributed by atoms with Gasteiger partial charge >= 0.3 is 0 Å². The fourth-order valence-electron chi connectivity index (χ4n) is 1.67. The van der Waals surface area contributed by atoms with Gasteiger partial charge in [0.25, 0.3) is 0 Å². The number of aromatic hydroxyl groups is 1. The van der Waals surface area contributed by atoms with Gasteiger partial charge in [-0.25, -0.2) is 0 Å². The highest BCUT2D eigenvalue weighted by atomic mass is 35.5. The zero-order chi connectivity index (χ0) is 13.8. The molecule has 0 atom stereocenters. The van der Waals surface area contributed by atoms with Crippen LogP contribution in [-0.4, -0.2) is 18.4 Å². The number of halogens is 1. The predicted octanol–water partition coefficient (Wildman–Crippen LogP) is 4.11. The van der Waals surface area contributed by atoms with Crippen molar-refractivity contribution >= 4 is 23.5 Å². The molecule has 0 spiro atoms. The number of benzene rings is 2. The summed E-state index contributed by atoms with van der Waals surface area (Å²) in [5, 5.41) is 10.6. The van der Waals surface area contributed by atoms with Crippen molar-refractivity contribution in [3.8, 4) is 11.5 Å². The van der Waals surface area contributed by atoms with Crippen LogP contribution in [0.4, 0.5) is 5.69 Å². The fourth-order valence-corrected chi connectivity index (χ4v) is 1.84. The van der Waals surface area contributed by atoms with Crippen molar-refractivity contribution in [2.75, 3.05) is 7.11 Å². The quantitative estimate of drug-likeness (QED) is 0.857. The number of methoxy groups -OCH3 is 1. The van der Waals surface area contributed by atoms with Crippen molar-refractivity contribution in [1.82, 2.24) is 0 Å². The summed E-state index contributed by atoms with van der Waals surface area (Å²) in [7, 11) is 1.51. The van der Waals surface area contributed by atoms with Crippen LogP contribution in [0.5, 0.6) is 11.5 Å². The van der Waals surface area contributed by atoms with E-state index in [1.165, 1.54) is 7.11 Å². The molecule has 0 aliphatic rings. The maximum absolute atomic E-state index is 9.95. The van der Waals surface area contributed by atoms with Crippen LogP contribution in [0.3, 0.4) is 0 Å². The van der Waals surface area contributed by atoms with E-state index in [4.69, 9.17) is 16.3 Å². The van der Waals surface area contributed by atoms with Crippen LogP contribution in [0, 0.1) is 6.92 Å². The zero-order valence-electron chi connectivity index (χ0n) is 10.7. The minimum absolute atomic E-state index is 0.0773. The molecule has 0 saturated heterocycles. The van der Waals surface area contributed by atoms with E-state index in [1.54, 1.807) is 30.5 Å². The molecule has 0 heterocycles. The lowest BCUT2D eigenvalue weighted by molar-refractivity contribution is 0.373. The van der Waals surface area contributed by atoms with Gasteiger partial charge in [-0.3, -0.25) is 4.99 Å². The van der Waals surface area contributed by atoms with Crippen LogP contribution in [0.15, 0.2) is 41.4 Å². The average molecular weight is 276 g/mol. The van der Waals surface area contributed by atoms with E-state index in [0.717, 1.165) is 11.3 Å². The van der Waals surface area contributed by atoms with Gasteiger partial charge in [0.1, 0.15) is 0 Å². The summed E-state index contributed by atoms with van der Waals surface area (Å²) in [5.74, 6) is 0.500. The summed E-state index contributed by atoms with van der Waals surface area (Å²) >= 11 is 5.93. The number of ether oxygens (including phenoxy) is 1. The Morgan fingerprint density at radius 1 is 1.26 bits per heavy atom. The maximum Gasteiger partial charge on any atom is 0.166 e. The van der Waals surface area contributed by atoms with Gasteiger partial charge in [0.05, 0.1) is 12.8 Å². The molecule has 2 aromatic rings. The third-order valence-corrected chi connectivity index (χ3v) is 3.00. The Hall–Kier alpha value is -2.00. The molecular formula is C15H14ClNO2. The van der Waals surface area contributed by atoms with E-state index in [1.807, 2.05) is 19.1 Å². The Morgan fingerprint density at radius 2 is 2.05 bits per heavy atom. The highest BCUT2D eigenvalue weighted by Gasteiger charge is 2.05. The second-order valence-corrected chi connectivity index (χ2v) is 4.52. The summed E-state index contributed by atoms with van der Waals surface area (Å²) < 4.78 is 5.05. The number of aryl methyl sites for hydroxylation is 1. The number of para-hydroxylation sites is 1. The molecule has 0 aliphatic heterocycles. The molecule has 19 heavy (non-hydrogen) atoms. The van der Waals surface area contributed by atoms with E-state index in [9.17, 15) is 5.11 Å². The second-order valence-electron chi connectivity index (χ2n) is 4.09. The molecule has 0 aromatic heterocycles. The van der Waals surface area contributed by atoms with E-state index in [2.05, 4.69) is 4.99 Å². The highest BCUT2D eigenvalue weighted by molar-refractivity contribution is 6.30. The van der Waals surface area contributed by atoms with Crippen molar-refractivity contribution in [2.24, 2.45) is 4.99 Å². The molecule has 1 N–H and O–H groups in total. The molecule has 0 saturated carbocycles. The van der Waals surface area contributed by atoms with Gasteiger partial charge in [0, 0.05) is 16.8 Å². The predicted molar refractivity (Wildman–Crippen MR) is 78.1 cm³/mol. The molecule has 98 valence electrons. The second kappa shape index (κ2) is 5.76. The summed E-state index contributed by atoms with van der Waals surface area (Å²) in [6, 6.07) is 10.8. The third-order valence-electron chi connectivity index (χ3n) is 2.76. The summed E-state index contributed by atoms with van der Waals surface area (Å²) in [6.45, 7) is 1.95. The minimum Gasteiger partial charge on any atom is -0.504 e. The molecule has 4 heteroatoms. The topological polar surface area (TPSA) is 41.8 Å². The number of rotatable bonds is 3. The number of hydrogen-bond acceptors (Lipinski definition) is 3. The number of phenolic OH excluding ortho intramolecular Hbond substituents is 1. The van der Waals surface area contributed by atoms with Crippen LogP contribution in [0.1, 0.15) is 11.1 Å². The third kappa shape index (κ3) is 3.06. The van der Waals surface area contributed by atoms with Crippen molar-refractivity contribution in [1.29, 1.82) is 0 Å². The molecule has 2 rings (SSSR count). The number of aliphatic imine (C=N–C) groups is 1. The van der Waals surface area contributed by atoms with Crippen molar-refractivity contribution in [3.05, 3.63) is 52.5 Å². The Labute approximate surface area is 117 Å². The standard InChI is InChI=1S/C15H14ClNO2/c1-10-6-7-12(16)8-13(10)17-9-11-4-3-5-14(19-2)15(11)18/h3-9,18H,1-2H3. The molecule has 0 unspecified atom stereocenters. The van der Waals surface area contributed by atoms with Crippen molar-refractivity contribution in [3.63, 3.8) is 0 Å². The lowest BCUT2D eigenvalue weighted by Gasteiger charge is -2.05. The Morgan fingerprint density at radius 3 is 2.79 bits per heavy atom. The van der Waals surface area contributed by atoms with Gasteiger partial charge in [-0.15, -0.1) is 0 Å². The van der Waals surface area contributed by atoms with Crippen LogP contribution < -0.4 is 4.74 Å². The number of phenols is 1. The normalized spacial score (nSPS) is 10.9. The van der Waals surface area contributed by atoms with Crippen LogP contribution in [0.2, 0.25) is 5.02 Å². The first-order chi connectivity index (χ1) is 9.11. The highest BCUT2D eigenvalue weighted by Crippen LogP contribution is 2.29. The molecule has 3 nitrogen and oxygen atoms in total. The summed E-state index contributed by atoms with van der Waals surface area (Å²) in [4.78, 5) is 4.35. The van der Waals surface area contributed by atoms with Gasteiger partial charge in [-0.1, -0.05) is 23.7 Å². The number of hydrogen-bond donors (Lipinski definition) is 1. The van der Waals surface area contributed by atoms with Crippen LogP contribution >= 0.6 is 11.6 Å². The number of nitrogens with zero attached hydrogens (tertiary/aromatic N) is 1. The van der Waals surface area contributed by atoms with Crippen LogP contribution in [-0.2, 0) is 0 Å². The SMILES string of the molecule is COc1cccc(C=Nc2cc(Cl)ccc2C)c1O. The maximum atomic E-state index is 9.95. The smallest absolute Gasteiger partial charge is 0.166 e. The largest absolute Gasteiger partial charge is 0.504 e. The Balaban J connectivity index is 2.35. The van der Waals surface area contributed by atoms with Gasteiger partial charge in [-0.2, -0.15) is 0 Å².